The molecular formula is C33H40N4O9. The first-order valence-corrected chi connectivity index (χ1v) is 15.0. The van der Waals surface area contributed by atoms with E-state index in [2.05, 4.69) is 20.9 Å². The SMILES string of the molecule is COc1cccc(OC)c1C(=O)OCC(=O)C(CC1CCNC1=O)NC(=O)C(CC(C)C)NC(=O)c1cc2c(OC)cccc2[nH]1. The number of rotatable bonds is 15. The van der Waals surface area contributed by atoms with E-state index in [1.165, 1.54) is 21.3 Å². The molecule has 246 valence electrons. The minimum absolute atomic E-state index is 0.00388. The fourth-order valence-electron chi connectivity index (χ4n) is 5.43. The van der Waals surface area contributed by atoms with Gasteiger partial charge in [-0.1, -0.05) is 26.0 Å². The van der Waals surface area contributed by atoms with E-state index in [0.717, 1.165) is 0 Å². The molecule has 1 aliphatic heterocycles. The quantitative estimate of drug-likeness (QED) is 0.183. The molecule has 0 aliphatic carbocycles. The van der Waals surface area contributed by atoms with Gasteiger partial charge in [-0.25, -0.2) is 4.79 Å². The molecule has 0 bridgehead atoms. The number of hydrogen-bond donors (Lipinski definition) is 4. The highest BCUT2D eigenvalue weighted by Gasteiger charge is 2.34. The Morgan fingerprint density at radius 3 is 2.17 bits per heavy atom. The number of ether oxygens (including phenoxy) is 4. The van der Waals surface area contributed by atoms with Gasteiger partial charge in [-0.15, -0.1) is 0 Å². The van der Waals surface area contributed by atoms with Crippen molar-refractivity contribution >= 4 is 40.4 Å². The van der Waals surface area contributed by atoms with Crippen LogP contribution in [0.15, 0.2) is 42.5 Å². The molecule has 1 saturated heterocycles. The van der Waals surface area contributed by atoms with Crippen molar-refractivity contribution < 1.29 is 42.9 Å². The molecule has 3 amide bonds. The smallest absolute Gasteiger partial charge is 0.346 e. The van der Waals surface area contributed by atoms with Crippen molar-refractivity contribution in [1.82, 2.24) is 20.9 Å². The molecule has 1 fully saturated rings. The minimum atomic E-state index is -1.17. The van der Waals surface area contributed by atoms with Crippen LogP contribution in [0, 0.1) is 11.8 Å². The Kier molecular flexibility index (Phi) is 11.2. The number of benzene rings is 2. The third kappa shape index (κ3) is 7.95. The first-order chi connectivity index (χ1) is 22.1. The number of esters is 1. The Hall–Kier alpha value is -5.07. The standard InChI is InChI=1S/C33H40N4O9/c1-18(2)14-23(37-32(41)24-16-20-21(35-24)8-6-9-26(20)43-3)31(40)36-22(15-19-12-13-34-30(19)39)25(38)17-46-33(42)29-27(44-4)10-7-11-28(29)45-5/h6-11,16,18-19,22-23,35H,12-15,17H2,1-5H3,(H,34,39)(H,36,40)(H,37,41). The van der Waals surface area contributed by atoms with Crippen LogP contribution in [0.3, 0.4) is 0 Å². The van der Waals surface area contributed by atoms with E-state index < -0.39 is 48.2 Å². The van der Waals surface area contributed by atoms with Crippen molar-refractivity contribution in [3.8, 4) is 17.2 Å². The van der Waals surface area contributed by atoms with Crippen molar-refractivity contribution in [2.75, 3.05) is 34.5 Å². The maximum Gasteiger partial charge on any atom is 0.346 e. The Balaban J connectivity index is 1.51. The molecule has 46 heavy (non-hydrogen) atoms. The first kappa shape index (κ1) is 33.8. The highest BCUT2D eigenvalue weighted by Crippen LogP contribution is 2.29. The van der Waals surface area contributed by atoms with Crippen molar-refractivity contribution in [3.05, 3.63) is 53.7 Å². The van der Waals surface area contributed by atoms with Crippen molar-refractivity contribution in [3.63, 3.8) is 0 Å². The molecule has 13 heteroatoms. The van der Waals surface area contributed by atoms with Gasteiger partial charge in [0.2, 0.25) is 11.8 Å². The van der Waals surface area contributed by atoms with Gasteiger partial charge in [0.05, 0.1) is 27.4 Å². The second-order valence-corrected chi connectivity index (χ2v) is 11.4. The van der Waals surface area contributed by atoms with Crippen LogP contribution in [0.25, 0.3) is 10.9 Å². The van der Waals surface area contributed by atoms with E-state index >= 15 is 0 Å². The summed E-state index contributed by atoms with van der Waals surface area (Å²) < 4.78 is 21.2. The second-order valence-electron chi connectivity index (χ2n) is 11.4. The number of hydrogen-bond acceptors (Lipinski definition) is 9. The molecule has 1 aromatic heterocycles. The minimum Gasteiger partial charge on any atom is -0.496 e. The normalized spacial score (nSPS) is 15.5. The van der Waals surface area contributed by atoms with E-state index in [1.807, 2.05) is 13.8 Å². The van der Waals surface area contributed by atoms with Gasteiger partial charge in [-0.2, -0.15) is 0 Å². The zero-order valence-electron chi connectivity index (χ0n) is 26.6. The van der Waals surface area contributed by atoms with Gasteiger partial charge in [-0.05, 0) is 55.5 Å². The van der Waals surface area contributed by atoms with E-state index in [4.69, 9.17) is 18.9 Å². The summed E-state index contributed by atoms with van der Waals surface area (Å²) in [6.45, 7) is 3.56. The Morgan fingerprint density at radius 2 is 1.57 bits per heavy atom. The number of H-pyrrole nitrogens is 1. The Morgan fingerprint density at radius 1 is 0.913 bits per heavy atom. The third-order valence-corrected chi connectivity index (χ3v) is 7.78. The summed E-state index contributed by atoms with van der Waals surface area (Å²) in [5.41, 5.74) is 0.926. The predicted octanol–water partition coefficient (Wildman–Crippen LogP) is 2.78. The number of aromatic nitrogens is 1. The highest BCUT2D eigenvalue weighted by atomic mass is 16.5. The number of aromatic amines is 1. The van der Waals surface area contributed by atoms with Crippen molar-refractivity contribution in [2.45, 2.75) is 45.2 Å². The molecule has 13 nitrogen and oxygen atoms in total. The van der Waals surface area contributed by atoms with Crippen LogP contribution in [0.4, 0.5) is 0 Å². The average molecular weight is 637 g/mol. The van der Waals surface area contributed by atoms with Crippen molar-refractivity contribution in [2.24, 2.45) is 11.8 Å². The third-order valence-electron chi connectivity index (χ3n) is 7.78. The molecule has 3 aromatic rings. The zero-order chi connectivity index (χ0) is 33.4. The number of fused-ring (bicyclic) bond motifs is 1. The number of amides is 3. The molecule has 2 aromatic carbocycles. The lowest BCUT2D eigenvalue weighted by molar-refractivity contribution is -0.131. The van der Waals surface area contributed by atoms with Crippen LogP contribution in [0.5, 0.6) is 17.2 Å². The van der Waals surface area contributed by atoms with Crippen LogP contribution in [-0.4, -0.2) is 81.0 Å². The molecule has 3 atom stereocenters. The summed E-state index contributed by atoms with van der Waals surface area (Å²) >= 11 is 0. The van der Waals surface area contributed by atoms with Gasteiger partial charge >= 0.3 is 5.97 Å². The molecule has 0 spiro atoms. The van der Waals surface area contributed by atoms with Gasteiger partial charge in [0.15, 0.2) is 12.4 Å². The maximum absolute atomic E-state index is 13.7. The highest BCUT2D eigenvalue weighted by molar-refractivity contribution is 6.02. The monoisotopic (exact) mass is 636 g/mol. The van der Waals surface area contributed by atoms with Gasteiger partial charge in [-0.3, -0.25) is 19.2 Å². The predicted molar refractivity (Wildman–Crippen MR) is 168 cm³/mol. The van der Waals surface area contributed by atoms with Gasteiger partial charge in [0, 0.05) is 23.4 Å². The van der Waals surface area contributed by atoms with E-state index in [0.29, 0.717) is 29.6 Å². The lowest BCUT2D eigenvalue weighted by atomic mass is 9.95. The fourth-order valence-corrected chi connectivity index (χ4v) is 5.43. The fraction of sp³-hybridized carbons (Fsp3) is 0.424. The molecule has 4 N–H and O–H groups in total. The first-order valence-electron chi connectivity index (χ1n) is 15.0. The number of ketones is 1. The van der Waals surface area contributed by atoms with Crippen LogP contribution in [-0.2, 0) is 19.1 Å². The lowest BCUT2D eigenvalue weighted by Gasteiger charge is -2.25. The summed E-state index contributed by atoms with van der Waals surface area (Å²) in [5, 5.41) is 8.95. The average Bonchev–Trinajstić information content (AvgIpc) is 3.67. The Labute approximate surface area is 266 Å². The summed E-state index contributed by atoms with van der Waals surface area (Å²) in [6.07, 6.45) is 0.747. The van der Waals surface area contributed by atoms with Crippen LogP contribution < -0.4 is 30.2 Å². The summed E-state index contributed by atoms with van der Waals surface area (Å²) in [5.74, 6) is -2.37. The van der Waals surface area contributed by atoms with Gasteiger partial charge < -0.3 is 39.9 Å². The van der Waals surface area contributed by atoms with Crippen LogP contribution >= 0.6 is 0 Å². The molecular weight excluding hydrogens is 596 g/mol. The topological polar surface area (TPSA) is 174 Å². The summed E-state index contributed by atoms with van der Waals surface area (Å²) in [6, 6.07) is 9.59. The van der Waals surface area contributed by atoms with Crippen LogP contribution in [0.2, 0.25) is 0 Å². The number of methoxy groups -OCH3 is 3. The lowest BCUT2D eigenvalue weighted by Crippen LogP contribution is -2.53. The molecule has 4 rings (SSSR count). The van der Waals surface area contributed by atoms with Crippen LogP contribution in [0.1, 0.15) is 54.0 Å². The number of Topliss-reactive ketones (excluding diaryl/α,β-unsaturated/α-hetero) is 1. The van der Waals surface area contributed by atoms with Gasteiger partial charge in [0.25, 0.3) is 5.91 Å². The largest absolute Gasteiger partial charge is 0.496 e. The van der Waals surface area contributed by atoms with E-state index in [1.54, 1.807) is 42.5 Å². The summed E-state index contributed by atoms with van der Waals surface area (Å²) in [7, 11) is 4.31. The maximum atomic E-state index is 13.7. The summed E-state index contributed by atoms with van der Waals surface area (Å²) in [4.78, 5) is 68.9. The second kappa shape index (κ2) is 15.3. The zero-order valence-corrected chi connectivity index (χ0v) is 26.6. The van der Waals surface area contributed by atoms with E-state index in [-0.39, 0.29) is 47.4 Å². The van der Waals surface area contributed by atoms with Gasteiger partial charge in [0.1, 0.15) is 34.5 Å². The number of nitrogens with one attached hydrogen (secondary N) is 4. The number of carbonyl (C=O) groups excluding carboxylic acids is 5. The van der Waals surface area contributed by atoms with Crippen molar-refractivity contribution in [1.29, 1.82) is 0 Å². The molecule has 0 saturated carbocycles. The number of carbonyl (C=O) groups is 5. The molecule has 1 aliphatic rings. The molecule has 2 heterocycles. The molecule has 0 radical (unpaired) electrons. The Bertz CT molecular complexity index is 1580. The van der Waals surface area contributed by atoms with E-state index in [9.17, 15) is 24.0 Å². The molecule has 3 unspecified atom stereocenters.